The first-order valence-corrected chi connectivity index (χ1v) is 7.46. The summed E-state index contributed by atoms with van der Waals surface area (Å²) in [5.41, 5.74) is 1.53. The van der Waals surface area contributed by atoms with Crippen LogP contribution in [0.2, 0.25) is 0 Å². The zero-order valence-corrected chi connectivity index (χ0v) is 12.8. The molecule has 0 aromatic heterocycles. The van der Waals surface area contributed by atoms with Crippen molar-refractivity contribution >= 4 is 12.6 Å². The van der Waals surface area contributed by atoms with Crippen molar-refractivity contribution in [3.8, 4) is 5.75 Å². The summed E-state index contributed by atoms with van der Waals surface area (Å²) in [4.78, 5) is 0. The fraction of sp³-hybridized carbons (Fsp3) is 0.625. The van der Waals surface area contributed by atoms with Crippen LogP contribution in [0.3, 0.4) is 0 Å². The maximum Gasteiger partial charge on any atom is 0.495 e. The minimum atomic E-state index is -0.388. The number of hydrogen-bond donors (Lipinski definition) is 1. The highest BCUT2D eigenvalue weighted by molar-refractivity contribution is 6.62. The van der Waals surface area contributed by atoms with Crippen LogP contribution in [0, 0.1) is 5.92 Å². The second kappa shape index (κ2) is 4.50. The van der Waals surface area contributed by atoms with Crippen LogP contribution in [0.15, 0.2) is 18.2 Å². The monoisotopic (exact) mass is 274 g/mol. The lowest BCUT2D eigenvalue weighted by Crippen LogP contribution is -2.41. The molecule has 1 aromatic rings. The Labute approximate surface area is 121 Å². The molecule has 0 radical (unpaired) electrons. The van der Waals surface area contributed by atoms with E-state index >= 15 is 0 Å². The molecular weight excluding hydrogens is 251 g/mol. The summed E-state index contributed by atoms with van der Waals surface area (Å²) < 4.78 is 12.2. The molecule has 0 atom stereocenters. The molecule has 1 aromatic carbocycles. The first kappa shape index (κ1) is 14.0. The average molecular weight is 274 g/mol. The topological polar surface area (TPSA) is 38.7 Å². The molecule has 3 nitrogen and oxygen atoms in total. The molecule has 1 saturated carbocycles. The van der Waals surface area contributed by atoms with Gasteiger partial charge in [0.25, 0.3) is 0 Å². The van der Waals surface area contributed by atoms with Crippen LogP contribution in [0.5, 0.6) is 5.75 Å². The van der Waals surface area contributed by atoms with Crippen molar-refractivity contribution in [3.05, 3.63) is 23.8 Å². The molecule has 3 rings (SSSR count). The van der Waals surface area contributed by atoms with Gasteiger partial charge in [0, 0.05) is 0 Å². The van der Waals surface area contributed by atoms with Gasteiger partial charge in [-0.1, -0.05) is 6.07 Å². The summed E-state index contributed by atoms with van der Waals surface area (Å²) in [7, 11) is -0.388. The van der Waals surface area contributed by atoms with Gasteiger partial charge in [-0.3, -0.25) is 0 Å². The quantitative estimate of drug-likeness (QED) is 0.861. The van der Waals surface area contributed by atoms with Gasteiger partial charge in [0.05, 0.1) is 11.2 Å². The summed E-state index contributed by atoms with van der Waals surface area (Å²) in [6.45, 7) is 8.21. The van der Waals surface area contributed by atoms with E-state index in [1.807, 2.05) is 6.07 Å². The summed E-state index contributed by atoms with van der Waals surface area (Å²) in [5, 5.41) is 9.80. The highest BCUT2D eigenvalue weighted by Crippen LogP contribution is 2.38. The van der Waals surface area contributed by atoms with Crippen LogP contribution in [0.25, 0.3) is 0 Å². The molecule has 0 amide bonds. The van der Waals surface area contributed by atoms with E-state index in [0.29, 0.717) is 0 Å². The molecule has 1 aliphatic carbocycles. The molecule has 1 saturated heterocycles. The summed E-state index contributed by atoms with van der Waals surface area (Å²) in [6.07, 6.45) is 3.67. The lowest BCUT2D eigenvalue weighted by Gasteiger charge is -2.32. The van der Waals surface area contributed by atoms with Crippen molar-refractivity contribution in [2.24, 2.45) is 5.92 Å². The number of benzene rings is 1. The van der Waals surface area contributed by atoms with Crippen LogP contribution in [-0.2, 0) is 15.7 Å². The van der Waals surface area contributed by atoms with Crippen molar-refractivity contribution < 1.29 is 14.4 Å². The van der Waals surface area contributed by atoms with Crippen molar-refractivity contribution in [3.63, 3.8) is 0 Å². The zero-order valence-electron chi connectivity index (χ0n) is 12.8. The number of rotatable bonds is 3. The van der Waals surface area contributed by atoms with E-state index in [-0.39, 0.29) is 24.1 Å². The molecule has 20 heavy (non-hydrogen) atoms. The number of phenols is 1. The normalized spacial score (nSPS) is 24.1. The first-order valence-electron chi connectivity index (χ1n) is 7.46. The van der Waals surface area contributed by atoms with E-state index < -0.39 is 0 Å². The van der Waals surface area contributed by atoms with Crippen molar-refractivity contribution in [1.29, 1.82) is 0 Å². The lowest BCUT2D eigenvalue weighted by atomic mass is 9.74. The van der Waals surface area contributed by atoms with Gasteiger partial charge >= 0.3 is 7.12 Å². The van der Waals surface area contributed by atoms with E-state index in [4.69, 9.17) is 9.31 Å². The molecule has 2 aliphatic rings. The third-order valence-electron chi connectivity index (χ3n) is 4.84. The highest BCUT2D eigenvalue weighted by atomic mass is 16.7. The van der Waals surface area contributed by atoms with Gasteiger partial charge in [0.1, 0.15) is 5.75 Å². The van der Waals surface area contributed by atoms with Crippen LogP contribution < -0.4 is 5.46 Å². The molecular formula is C16H23BO3. The first-order chi connectivity index (χ1) is 9.28. The molecule has 108 valence electrons. The number of phenolic OH excluding ortho intramolecular Hbond substituents is 1. The number of aromatic hydroxyl groups is 1. The standard InChI is InChI=1S/C16H23BO3/c1-15(2)16(3,4)20-17(19-15)14-10-13(18)8-7-12(14)9-11-5-6-11/h7-8,10-11,18H,5-6,9H2,1-4H3. The molecule has 4 heteroatoms. The summed E-state index contributed by atoms with van der Waals surface area (Å²) in [5.74, 6) is 1.06. The molecule has 1 aliphatic heterocycles. The Hall–Kier alpha value is -0.995. The van der Waals surface area contributed by atoms with Crippen molar-refractivity contribution in [1.82, 2.24) is 0 Å². The van der Waals surface area contributed by atoms with E-state index in [1.54, 1.807) is 12.1 Å². The fourth-order valence-electron chi connectivity index (χ4n) is 2.59. The van der Waals surface area contributed by atoms with E-state index in [1.165, 1.54) is 18.4 Å². The van der Waals surface area contributed by atoms with Crippen LogP contribution in [0.1, 0.15) is 46.1 Å². The fourth-order valence-corrected chi connectivity index (χ4v) is 2.59. The molecule has 1 heterocycles. The Balaban J connectivity index is 1.91. The smallest absolute Gasteiger partial charge is 0.495 e. The van der Waals surface area contributed by atoms with Crippen LogP contribution in [0.4, 0.5) is 0 Å². The second-order valence-electron chi connectivity index (χ2n) is 7.12. The van der Waals surface area contributed by atoms with Crippen LogP contribution in [-0.4, -0.2) is 23.4 Å². The number of hydrogen-bond acceptors (Lipinski definition) is 3. The average Bonchev–Trinajstić information content (AvgIpc) is 3.10. The molecule has 0 unspecified atom stereocenters. The molecule has 0 bridgehead atoms. The third kappa shape index (κ3) is 2.47. The van der Waals surface area contributed by atoms with Crippen molar-refractivity contribution in [2.45, 2.75) is 58.2 Å². The predicted octanol–water partition coefficient (Wildman–Crippen LogP) is 2.64. The SMILES string of the molecule is CC1(C)OB(c2cc(O)ccc2CC2CC2)OC1(C)C. The molecule has 1 N–H and O–H groups in total. The minimum Gasteiger partial charge on any atom is -0.508 e. The molecule has 2 fully saturated rings. The summed E-state index contributed by atoms with van der Waals surface area (Å²) >= 11 is 0. The Morgan fingerprint density at radius 2 is 1.75 bits per heavy atom. The van der Waals surface area contributed by atoms with Gasteiger partial charge in [-0.15, -0.1) is 0 Å². The van der Waals surface area contributed by atoms with Gasteiger partial charge < -0.3 is 14.4 Å². The Morgan fingerprint density at radius 3 is 2.30 bits per heavy atom. The highest BCUT2D eigenvalue weighted by Gasteiger charge is 2.52. The van der Waals surface area contributed by atoms with Crippen LogP contribution >= 0.6 is 0 Å². The van der Waals surface area contributed by atoms with Crippen molar-refractivity contribution in [2.75, 3.05) is 0 Å². The summed E-state index contributed by atoms with van der Waals surface area (Å²) in [6, 6.07) is 5.56. The van der Waals surface area contributed by atoms with Gasteiger partial charge in [0.15, 0.2) is 0 Å². The van der Waals surface area contributed by atoms with Gasteiger partial charge in [0.2, 0.25) is 0 Å². The maximum absolute atomic E-state index is 9.80. The van der Waals surface area contributed by atoms with Gasteiger partial charge in [-0.2, -0.15) is 0 Å². The Morgan fingerprint density at radius 1 is 1.15 bits per heavy atom. The zero-order chi connectivity index (χ0) is 14.5. The third-order valence-corrected chi connectivity index (χ3v) is 4.84. The maximum atomic E-state index is 9.80. The minimum absolute atomic E-state index is 0.272. The van der Waals surface area contributed by atoms with Gasteiger partial charge in [-0.05, 0) is 76.0 Å². The van der Waals surface area contributed by atoms with Gasteiger partial charge in [-0.25, -0.2) is 0 Å². The second-order valence-corrected chi connectivity index (χ2v) is 7.12. The van der Waals surface area contributed by atoms with E-state index in [2.05, 4.69) is 27.7 Å². The lowest BCUT2D eigenvalue weighted by molar-refractivity contribution is 0.00578. The largest absolute Gasteiger partial charge is 0.508 e. The van der Waals surface area contributed by atoms with E-state index in [0.717, 1.165) is 17.8 Å². The Bertz CT molecular complexity index is 504. The predicted molar refractivity (Wildman–Crippen MR) is 80.3 cm³/mol. The molecule has 0 spiro atoms. The Kier molecular flexibility index (Phi) is 3.14. The van der Waals surface area contributed by atoms with E-state index in [9.17, 15) is 5.11 Å².